The highest BCUT2D eigenvalue weighted by molar-refractivity contribution is 5.94. The molecule has 1 amide bonds. The number of nitrogens with one attached hydrogen (secondary N) is 1. The summed E-state index contributed by atoms with van der Waals surface area (Å²) in [6.07, 6.45) is 4.40. The molecule has 0 atom stereocenters. The average molecular weight is 363 g/mol. The summed E-state index contributed by atoms with van der Waals surface area (Å²) in [7, 11) is 0. The van der Waals surface area contributed by atoms with Gasteiger partial charge in [-0.1, -0.05) is 18.2 Å². The minimum absolute atomic E-state index is 0.109. The van der Waals surface area contributed by atoms with Crippen LogP contribution in [0, 0.1) is 5.82 Å². The SMILES string of the molecule is O=C(NN=Cc1cccc(OC(=O)c2cccc(F)c2)c1)c1cccnc1. The third kappa shape index (κ3) is 5.05. The molecule has 0 saturated heterocycles. The largest absolute Gasteiger partial charge is 0.423 e. The second-order valence-corrected chi connectivity index (χ2v) is 5.41. The van der Waals surface area contributed by atoms with Gasteiger partial charge < -0.3 is 4.74 Å². The van der Waals surface area contributed by atoms with Gasteiger partial charge >= 0.3 is 5.97 Å². The van der Waals surface area contributed by atoms with E-state index in [4.69, 9.17) is 4.74 Å². The third-order valence-electron chi connectivity index (χ3n) is 3.43. The standard InChI is InChI=1S/C20H14FN3O3/c21-17-7-2-5-15(11-17)20(26)27-18-8-1-4-14(10-18)12-23-24-19(25)16-6-3-9-22-13-16/h1-13H,(H,24,25). The van der Waals surface area contributed by atoms with E-state index < -0.39 is 17.7 Å². The first-order chi connectivity index (χ1) is 13.1. The van der Waals surface area contributed by atoms with Crippen LogP contribution in [-0.4, -0.2) is 23.1 Å². The van der Waals surface area contributed by atoms with Crippen LogP contribution < -0.4 is 10.2 Å². The monoisotopic (exact) mass is 363 g/mol. The number of nitrogens with zero attached hydrogens (tertiary/aromatic N) is 2. The van der Waals surface area contributed by atoms with E-state index in [-0.39, 0.29) is 11.3 Å². The van der Waals surface area contributed by atoms with Crippen LogP contribution in [0.5, 0.6) is 5.75 Å². The number of amides is 1. The fraction of sp³-hybridized carbons (Fsp3) is 0. The molecule has 0 radical (unpaired) electrons. The van der Waals surface area contributed by atoms with Crippen LogP contribution in [0.3, 0.4) is 0 Å². The van der Waals surface area contributed by atoms with E-state index in [1.807, 2.05) is 0 Å². The van der Waals surface area contributed by atoms with Gasteiger partial charge in [-0.25, -0.2) is 14.6 Å². The summed E-state index contributed by atoms with van der Waals surface area (Å²) in [5.74, 6) is -1.32. The van der Waals surface area contributed by atoms with Gasteiger partial charge in [0.25, 0.3) is 5.91 Å². The Morgan fingerprint density at radius 3 is 2.63 bits per heavy atom. The summed E-state index contributed by atoms with van der Waals surface area (Å²) in [5, 5.41) is 3.87. The number of pyridine rings is 1. The Hall–Kier alpha value is -3.87. The highest BCUT2D eigenvalue weighted by Crippen LogP contribution is 2.15. The van der Waals surface area contributed by atoms with E-state index in [1.54, 1.807) is 42.6 Å². The summed E-state index contributed by atoms with van der Waals surface area (Å²) in [4.78, 5) is 27.8. The Kier molecular flexibility index (Phi) is 5.64. The molecule has 134 valence electrons. The van der Waals surface area contributed by atoms with Gasteiger partial charge in [-0.15, -0.1) is 0 Å². The zero-order valence-electron chi connectivity index (χ0n) is 14.0. The van der Waals surface area contributed by atoms with Gasteiger partial charge in [-0.2, -0.15) is 5.10 Å². The van der Waals surface area contributed by atoms with Crippen molar-refractivity contribution in [1.29, 1.82) is 0 Å². The van der Waals surface area contributed by atoms with Crippen molar-refractivity contribution in [3.63, 3.8) is 0 Å². The predicted molar refractivity (Wildman–Crippen MR) is 97.1 cm³/mol. The maximum Gasteiger partial charge on any atom is 0.343 e. The van der Waals surface area contributed by atoms with Crippen molar-refractivity contribution in [3.05, 3.63) is 95.6 Å². The summed E-state index contributed by atoms with van der Waals surface area (Å²) in [6, 6.07) is 15.0. The van der Waals surface area contributed by atoms with Crippen LogP contribution in [0.25, 0.3) is 0 Å². The van der Waals surface area contributed by atoms with Gasteiger partial charge in [0.15, 0.2) is 0 Å². The molecule has 3 rings (SSSR count). The van der Waals surface area contributed by atoms with Crippen molar-refractivity contribution < 1.29 is 18.7 Å². The van der Waals surface area contributed by atoms with Gasteiger partial charge in [0, 0.05) is 12.4 Å². The molecule has 1 N–H and O–H groups in total. The molecule has 6 nitrogen and oxygen atoms in total. The van der Waals surface area contributed by atoms with Crippen LogP contribution >= 0.6 is 0 Å². The summed E-state index contributed by atoms with van der Waals surface area (Å²) < 4.78 is 18.4. The Labute approximate surface area is 154 Å². The Morgan fingerprint density at radius 2 is 1.85 bits per heavy atom. The molecule has 0 fully saturated rings. The number of benzene rings is 2. The van der Waals surface area contributed by atoms with Gasteiger partial charge in [0.1, 0.15) is 11.6 Å². The number of halogens is 1. The summed E-state index contributed by atoms with van der Waals surface area (Å²) >= 11 is 0. The molecule has 0 aliphatic heterocycles. The fourth-order valence-electron chi connectivity index (χ4n) is 2.17. The zero-order chi connectivity index (χ0) is 19.1. The number of hydrazone groups is 1. The third-order valence-corrected chi connectivity index (χ3v) is 3.43. The van der Waals surface area contributed by atoms with E-state index >= 15 is 0 Å². The van der Waals surface area contributed by atoms with Gasteiger partial charge in [0.2, 0.25) is 0 Å². The van der Waals surface area contributed by atoms with E-state index in [0.717, 1.165) is 6.07 Å². The second kappa shape index (κ2) is 8.48. The van der Waals surface area contributed by atoms with Crippen LogP contribution in [-0.2, 0) is 0 Å². The fourth-order valence-corrected chi connectivity index (χ4v) is 2.17. The van der Waals surface area contributed by atoms with Crippen LogP contribution in [0.15, 0.2) is 78.2 Å². The molecule has 27 heavy (non-hydrogen) atoms. The van der Waals surface area contributed by atoms with Crippen molar-refractivity contribution in [3.8, 4) is 5.75 Å². The van der Waals surface area contributed by atoms with E-state index in [0.29, 0.717) is 11.1 Å². The summed E-state index contributed by atoms with van der Waals surface area (Å²) in [5.41, 5.74) is 3.47. The van der Waals surface area contributed by atoms with Crippen molar-refractivity contribution >= 4 is 18.1 Å². The molecular weight excluding hydrogens is 349 g/mol. The van der Waals surface area contributed by atoms with Gasteiger partial charge in [-0.05, 0) is 48.0 Å². The lowest BCUT2D eigenvalue weighted by Crippen LogP contribution is -2.17. The van der Waals surface area contributed by atoms with Gasteiger partial charge in [-0.3, -0.25) is 9.78 Å². The quantitative estimate of drug-likeness (QED) is 0.327. The molecule has 0 aliphatic rings. The molecular formula is C20H14FN3O3. The molecule has 1 heterocycles. The first kappa shape index (κ1) is 17.9. The first-order valence-corrected chi connectivity index (χ1v) is 7.93. The van der Waals surface area contributed by atoms with Crippen molar-refractivity contribution in [1.82, 2.24) is 10.4 Å². The van der Waals surface area contributed by atoms with E-state index in [1.165, 1.54) is 30.6 Å². The smallest absolute Gasteiger partial charge is 0.343 e. The number of esters is 1. The van der Waals surface area contributed by atoms with Crippen LogP contribution in [0.4, 0.5) is 4.39 Å². The van der Waals surface area contributed by atoms with Crippen molar-refractivity contribution in [2.45, 2.75) is 0 Å². The van der Waals surface area contributed by atoms with Crippen molar-refractivity contribution in [2.75, 3.05) is 0 Å². The zero-order valence-corrected chi connectivity index (χ0v) is 14.0. The lowest BCUT2D eigenvalue weighted by Gasteiger charge is -2.05. The molecule has 7 heteroatoms. The molecule has 2 aromatic carbocycles. The number of ether oxygens (including phenoxy) is 1. The van der Waals surface area contributed by atoms with Crippen LogP contribution in [0.1, 0.15) is 26.3 Å². The van der Waals surface area contributed by atoms with E-state index in [2.05, 4.69) is 15.5 Å². The van der Waals surface area contributed by atoms with Gasteiger partial charge in [0.05, 0.1) is 17.3 Å². The highest BCUT2D eigenvalue weighted by atomic mass is 19.1. The van der Waals surface area contributed by atoms with E-state index in [9.17, 15) is 14.0 Å². The Bertz CT molecular complexity index is 991. The average Bonchev–Trinajstić information content (AvgIpc) is 2.69. The molecule has 0 saturated carbocycles. The lowest BCUT2D eigenvalue weighted by atomic mass is 10.2. The molecule has 0 unspecified atom stereocenters. The normalized spacial score (nSPS) is 10.6. The highest BCUT2D eigenvalue weighted by Gasteiger charge is 2.09. The molecule has 0 spiro atoms. The predicted octanol–water partition coefficient (Wildman–Crippen LogP) is 3.20. The maximum absolute atomic E-state index is 13.2. The number of hydrogen-bond donors (Lipinski definition) is 1. The Balaban J connectivity index is 1.63. The van der Waals surface area contributed by atoms with Crippen LogP contribution in [0.2, 0.25) is 0 Å². The number of hydrogen-bond acceptors (Lipinski definition) is 5. The second-order valence-electron chi connectivity index (χ2n) is 5.41. The number of carbonyl (C=O) groups is 2. The number of rotatable bonds is 5. The minimum atomic E-state index is -0.673. The summed E-state index contributed by atoms with van der Waals surface area (Å²) in [6.45, 7) is 0. The minimum Gasteiger partial charge on any atom is -0.423 e. The maximum atomic E-state index is 13.2. The number of carbonyl (C=O) groups excluding carboxylic acids is 2. The molecule has 1 aromatic heterocycles. The topological polar surface area (TPSA) is 80.6 Å². The Morgan fingerprint density at radius 1 is 1.04 bits per heavy atom. The molecule has 0 aliphatic carbocycles. The molecule has 0 bridgehead atoms. The first-order valence-electron chi connectivity index (χ1n) is 7.93. The van der Waals surface area contributed by atoms with Crippen molar-refractivity contribution in [2.24, 2.45) is 5.10 Å². The lowest BCUT2D eigenvalue weighted by molar-refractivity contribution is 0.0734. The molecule has 3 aromatic rings. The number of aromatic nitrogens is 1.